The first-order valence-corrected chi connectivity index (χ1v) is 12.0. The number of hydrogen-bond donors (Lipinski definition) is 1. The highest BCUT2D eigenvalue weighted by molar-refractivity contribution is 7.99. The SMILES string of the molecule is O=C(CSc1nc(Cl)cc(N2CCCC2)n1)NC1CCN(Cc2ccccc2)CC1. The molecule has 2 fully saturated rings. The van der Waals surface area contributed by atoms with Crippen LogP contribution in [0.1, 0.15) is 31.2 Å². The Morgan fingerprint density at radius 3 is 2.57 bits per heavy atom. The van der Waals surface area contributed by atoms with Gasteiger partial charge < -0.3 is 10.2 Å². The van der Waals surface area contributed by atoms with Gasteiger partial charge in [0.25, 0.3) is 0 Å². The van der Waals surface area contributed by atoms with Crippen LogP contribution in [-0.2, 0) is 11.3 Å². The van der Waals surface area contributed by atoms with Crippen molar-refractivity contribution in [3.63, 3.8) is 0 Å². The van der Waals surface area contributed by atoms with Gasteiger partial charge in [-0.1, -0.05) is 53.7 Å². The number of aromatic nitrogens is 2. The predicted octanol–water partition coefficient (Wildman–Crippen LogP) is 3.60. The molecule has 3 heterocycles. The summed E-state index contributed by atoms with van der Waals surface area (Å²) in [6, 6.07) is 12.6. The van der Waals surface area contributed by atoms with Crippen molar-refractivity contribution in [1.82, 2.24) is 20.2 Å². The molecular weight excluding hydrogens is 418 g/mol. The van der Waals surface area contributed by atoms with Crippen molar-refractivity contribution in [3.8, 4) is 0 Å². The van der Waals surface area contributed by atoms with Crippen LogP contribution in [0.4, 0.5) is 5.82 Å². The molecule has 2 saturated heterocycles. The average molecular weight is 446 g/mol. The van der Waals surface area contributed by atoms with E-state index in [2.05, 4.69) is 49.4 Å². The molecule has 30 heavy (non-hydrogen) atoms. The lowest BCUT2D eigenvalue weighted by Crippen LogP contribution is -2.44. The lowest BCUT2D eigenvalue weighted by atomic mass is 10.0. The maximum absolute atomic E-state index is 12.4. The zero-order valence-corrected chi connectivity index (χ0v) is 18.7. The molecule has 4 rings (SSSR count). The summed E-state index contributed by atoms with van der Waals surface area (Å²) >= 11 is 7.53. The molecule has 0 spiro atoms. The molecule has 0 radical (unpaired) electrons. The van der Waals surface area contributed by atoms with Crippen LogP contribution < -0.4 is 10.2 Å². The lowest BCUT2D eigenvalue weighted by Gasteiger charge is -2.32. The number of thioether (sulfide) groups is 1. The van der Waals surface area contributed by atoms with Crippen molar-refractivity contribution in [2.45, 2.75) is 43.4 Å². The summed E-state index contributed by atoms with van der Waals surface area (Å²) in [5.74, 6) is 1.21. The molecule has 160 valence electrons. The van der Waals surface area contributed by atoms with E-state index >= 15 is 0 Å². The number of amides is 1. The lowest BCUT2D eigenvalue weighted by molar-refractivity contribution is -0.119. The Labute approximate surface area is 187 Å². The molecule has 1 aromatic heterocycles. The van der Waals surface area contributed by atoms with Gasteiger partial charge in [-0.3, -0.25) is 9.69 Å². The first kappa shape index (κ1) is 21.4. The zero-order chi connectivity index (χ0) is 20.8. The van der Waals surface area contributed by atoms with Crippen LogP contribution in [0.2, 0.25) is 5.15 Å². The third kappa shape index (κ3) is 6.09. The van der Waals surface area contributed by atoms with Gasteiger partial charge in [-0.15, -0.1) is 0 Å². The van der Waals surface area contributed by atoms with Crippen molar-refractivity contribution < 1.29 is 4.79 Å². The molecule has 0 saturated carbocycles. The number of halogens is 1. The van der Waals surface area contributed by atoms with E-state index < -0.39 is 0 Å². The number of benzene rings is 1. The van der Waals surface area contributed by atoms with Gasteiger partial charge in [-0.05, 0) is 31.2 Å². The smallest absolute Gasteiger partial charge is 0.230 e. The summed E-state index contributed by atoms with van der Waals surface area (Å²) in [7, 11) is 0. The molecule has 2 aromatic rings. The highest BCUT2D eigenvalue weighted by Crippen LogP contribution is 2.24. The van der Waals surface area contributed by atoms with Crippen molar-refractivity contribution >= 4 is 35.1 Å². The Bertz CT molecular complexity index is 839. The topological polar surface area (TPSA) is 61.4 Å². The number of nitrogens with one attached hydrogen (secondary N) is 1. The normalized spacial score (nSPS) is 18.0. The standard InChI is InChI=1S/C22H28ClN5OS/c23-19-14-20(28-10-4-5-11-28)26-22(25-19)30-16-21(29)24-18-8-12-27(13-9-18)15-17-6-2-1-3-7-17/h1-3,6-7,14,18H,4-5,8-13,15-16H2,(H,24,29). The second-order valence-corrected chi connectivity index (χ2v) is 9.25. The van der Waals surface area contributed by atoms with Crippen LogP contribution in [0, 0.1) is 0 Å². The molecule has 8 heteroatoms. The largest absolute Gasteiger partial charge is 0.356 e. The molecule has 1 aromatic carbocycles. The molecular formula is C22H28ClN5OS. The Morgan fingerprint density at radius 2 is 1.83 bits per heavy atom. The van der Waals surface area contributed by atoms with E-state index in [0.29, 0.717) is 16.1 Å². The summed E-state index contributed by atoms with van der Waals surface area (Å²) in [6.45, 7) is 4.98. The first-order valence-electron chi connectivity index (χ1n) is 10.6. The van der Waals surface area contributed by atoms with Crippen LogP contribution in [0.3, 0.4) is 0 Å². The van der Waals surface area contributed by atoms with E-state index in [1.807, 2.05) is 6.07 Å². The Hall–Kier alpha value is -1.83. The van der Waals surface area contributed by atoms with E-state index in [-0.39, 0.29) is 11.9 Å². The van der Waals surface area contributed by atoms with Crippen LogP contribution >= 0.6 is 23.4 Å². The van der Waals surface area contributed by atoms with Crippen molar-refractivity contribution in [2.24, 2.45) is 0 Å². The van der Waals surface area contributed by atoms with Crippen LogP contribution in [-0.4, -0.2) is 58.7 Å². The van der Waals surface area contributed by atoms with Crippen molar-refractivity contribution in [2.75, 3.05) is 36.8 Å². The molecule has 6 nitrogen and oxygen atoms in total. The van der Waals surface area contributed by atoms with E-state index in [1.54, 1.807) is 6.07 Å². The monoisotopic (exact) mass is 445 g/mol. The molecule has 2 aliphatic rings. The predicted molar refractivity (Wildman–Crippen MR) is 122 cm³/mol. The van der Waals surface area contributed by atoms with E-state index in [0.717, 1.165) is 51.4 Å². The fraction of sp³-hybridized carbons (Fsp3) is 0.500. The molecule has 0 atom stereocenters. The maximum atomic E-state index is 12.4. The number of carbonyl (C=O) groups excluding carboxylic acids is 1. The summed E-state index contributed by atoms with van der Waals surface area (Å²) in [4.78, 5) is 26.0. The molecule has 1 N–H and O–H groups in total. The molecule has 2 aliphatic heterocycles. The summed E-state index contributed by atoms with van der Waals surface area (Å²) < 4.78 is 0. The maximum Gasteiger partial charge on any atom is 0.230 e. The van der Waals surface area contributed by atoms with Gasteiger partial charge in [0.15, 0.2) is 5.16 Å². The molecule has 1 amide bonds. The van der Waals surface area contributed by atoms with E-state index in [9.17, 15) is 4.79 Å². The van der Waals surface area contributed by atoms with Crippen LogP contribution in [0.5, 0.6) is 0 Å². The number of carbonyl (C=O) groups is 1. The average Bonchev–Trinajstić information content (AvgIpc) is 3.29. The first-order chi connectivity index (χ1) is 14.7. The van der Waals surface area contributed by atoms with Crippen LogP contribution in [0.25, 0.3) is 0 Å². The van der Waals surface area contributed by atoms with Crippen LogP contribution in [0.15, 0.2) is 41.6 Å². The third-order valence-electron chi connectivity index (χ3n) is 5.62. The highest BCUT2D eigenvalue weighted by atomic mass is 35.5. The minimum atomic E-state index is 0.0350. The van der Waals surface area contributed by atoms with Gasteiger partial charge in [-0.2, -0.15) is 0 Å². The molecule has 0 aliphatic carbocycles. The fourth-order valence-electron chi connectivity index (χ4n) is 4.03. The van der Waals surface area contributed by atoms with Gasteiger partial charge in [0.1, 0.15) is 11.0 Å². The van der Waals surface area contributed by atoms with Gasteiger partial charge in [0.05, 0.1) is 5.75 Å². The third-order valence-corrected chi connectivity index (χ3v) is 6.67. The number of piperidine rings is 1. The van der Waals surface area contributed by atoms with Gasteiger partial charge in [0, 0.05) is 44.8 Å². The van der Waals surface area contributed by atoms with Gasteiger partial charge in [0.2, 0.25) is 5.91 Å². The zero-order valence-electron chi connectivity index (χ0n) is 17.1. The van der Waals surface area contributed by atoms with Crippen molar-refractivity contribution in [1.29, 1.82) is 0 Å². The van der Waals surface area contributed by atoms with Gasteiger partial charge >= 0.3 is 0 Å². The molecule has 0 bridgehead atoms. The van der Waals surface area contributed by atoms with Crippen molar-refractivity contribution in [3.05, 3.63) is 47.1 Å². The summed E-state index contributed by atoms with van der Waals surface area (Å²) in [5.41, 5.74) is 1.34. The minimum absolute atomic E-state index is 0.0350. The molecule has 0 unspecified atom stereocenters. The highest BCUT2D eigenvalue weighted by Gasteiger charge is 2.21. The Balaban J connectivity index is 1.21. The second-order valence-electron chi connectivity index (χ2n) is 7.92. The Morgan fingerprint density at radius 1 is 1.10 bits per heavy atom. The minimum Gasteiger partial charge on any atom is -0.356 e. The summed E-state index contributed by atoms with van der Waals surface area (Å²) in [5, 5.41) is 4.17. The number of nitrogens with zero attached hydrogens (tertiary/aromatic N) is 4. The summed E-state index contributed by atoms with van der Waals surface area (Å²) in [6.07, 6.45) is 4.32. The quantitative estimate of drug-likeness (QED) is 0.399. The van der Waals surface area contributed by atoms with Gasteiger partial charge in [-0.25, -0.2) is 9.97 Å². The number of anilines is 1. The number of rotatable bonds is 7. The Kier molecular flexibility index (Phi) is 7.47. The van der Waals surface area contributed by atoms with E-state index in [4.69, 9.17) is 11.6 Å². The fourth-order valence-corrected chi connectivity index (χ4v) is 4.93. The second kappa shape index (κ2) is 10.5. The number of likely N-dealkylation sites (tertiary alicyclic amines) is 1. The number of hydrogen-bond acceptors (Lipinski definition) is 6. The van der Waals surface area contributed by atoms with E-state index in [1.165, 1.54) is 30.2 Å².